The summed E-state index contributed by atoms with van der Waals surface area (Å²) in [6.07, 6.45) is 0.359. The van der Waals surface area contributed by atoms with Crippen molar-refractivity contribution in [1.29, 1.82) is 0 Å². The number of rotatable bonds is 3. The van der Waals surface area contributed by atoms with E-state index in [-0.39, 0.29) is 18.6 Å². The van der Waals surface area contributed by atoms with E-state index >= 15 is 0 Å². The van der Waals surface area contributed by atoms with Gasteiger partial charge in [0.15, 0.2) is 0 Å². The van der Waals surface area contributed by atoms with Crippen LogP contribution in [-0.2, 0) is 16.0 Å². The van der Waals surface area contributed by atoms with Gasteiger partial charge >= 0.3 is 0 Å². The molecule has 21 heavy (non-hydrogen) atoms. The van der Waals surface area contributed by atoms with Crippen molar-refractivity contribution in [3.8, 4) is 0 Å². The lowest BCUT2D eigenvalue weighted by Crippen LogP contribution is -2.51. The standard InChI is InChI=1S/C17H19NO3/c19-11-15-12-21-9-8-18(15)17(20)10-14-6-3-5-13-4-1-2-7-16(13)14/h1-7,15,19H,8-12H2. The van der Waals surface area contributed by atoms with Gasteiger partial charge in [-0.3, -0.25) is 4.79 Å². The van der Waals surface area contributed by atoms with Crippen LogP contribution in [0.15, 0.2) is 42.5 Å². The van der Waals surface area contributed by atoms with Crippen molar-refractivity contribution < 1.29 is 14.6 Å². The van der Waals surface area contributed by atoms with Gasteiger partial charge in [-0.15, -0.1) is 0 Å². The lowest BCUT2D eigenvalue weighted by atomic mass is 10.0. The molecule has 1 saturated heterocycles. The summed E-state index contributed by atoms with van der Waals surface area (Å²) in [5.74, 6) is 0.0497. The van der Waals surface area contributed by atoms with Crippen molar-refractivity contribution in [1.82, 2.24) is 4.90 Å². The maximum Gasteiger partial charge on any atom is 0.227 e. The Labute approximate surface area is 123 Å². The van der Waals surface area contributed by atoms with Gasteiger partial charge in [0.25, 0.3) is 0 Å². The van der Waals surface area contributed by atoms with Crippen LogP contribution < -0.4 is 0 Å². The highest BCUT2D eigenvalue weighted by Gasteiger charge is 2.26. The first kappa shape index (κ1) is 14.0. The Bertz CT molecular complexity index is 635. The molecule has 1 aliphatic rings. The minimum absolute atomic E-state index is 0.0497. The first-order valence-corrected chi connectivity index (χ1v) is 7.24. The van der Waals surface area contributed by atoms with Crippen LogP contribution in [0.25, 0.3) is 10.8 Å². The highest BCUT2D eigenvalue weighted by Crippen LogP contribution is 2.20. The van der Waals surface area contributed by atoms with Crippen molar-refractivity contribution in [3.05, 3.63) is 48.0 Å². The lowest BCUT2D eigenvalue weighted by Gasteiger charge is -2.34. The van der Waals surface area contributed by atoms with Crippen LogP contribution in [0.2, 0.25) is 0 Å². The monoisotopic (exact) mass is 285 g/mol. The molecular formula is C17H19NO3. The summed E-state index contributed by atoms with van der Waals surface area (Å²) in [4.78, 5) is 14.3. The fraction of sp³-hybridized carbons (Fsp3) is 0.353. The summed E-state index contributed by atoms with van der Waals surface area (Å²) in [6.45, 7) is 1.45. The molecule has 0 saturated carbocycles. The third-order valence-corrected chi connectivity index (χ3v) is 3.98. The fourth-order valence-corrected chi connectivity index (χ4v) is 2.85. The van der Waals surface area contributed by atoms with E-state index in [1.807, 2.05) is 30.3 Å². The molecule has 2 aromatic carbocycles. The van der Waals surface area contributed by atoms with Gasteiger partial charge in [-0.25, -0.2) is 0 Å². The summed E-state index contributed by atoms with van der Waals surface area (Å²) < 4.78 is 5.32. The predicted molar refractivity (Wildman–Crippen MR) is 81.1 cm³/mol. The van der Waals surface area contributed by atoms with Gasteiger partial charge in [-0.05, 0) is 16.3 Å². The molecule has 1 heterocycles. The van der Waals surface area contributed by atoms with Crippen LogP contribution in [0.4, 0.5) is 0 Å². The Kier molecular flexibility index (Phi) is 4.18. The number of hydrogen-bond acceptors (Lipinski definition) is 3. The minimum Gasteiger partial charge on any atom is -0.394 e. The molecule has 3 rings (SSSR count). The molecule has 1 atom stereocenters. The molecule has 110 valence electrons. The van der Waals surface area contributed by atoms with Gasteiger partial charge in [0.05, 0.1) is 32.3 Å². The Morgan fingerprint density at radius 3 is 2.90 bits per heavy atom. The third-order valence-electron chi connectivity index (χ3n) is 3.98. The van der Waals surface area contributed by atoms with Crippen molar-refractivity contribution in [2.24, 2.45) is 0 Å². The second-order valence-electron chi connectivity index (χ2n) is 5.31. The van der Waals surface area contributed by atoms with Gasteiger partial charge in [0, 0.05) is 6.54 Å². The first-order valence-electron chi connectivity index (χ1n) is 7.24. The van der Waals surface area contributed by atoms with Gasteiger partial charge < -0.3 is 14.7 Å². The number of fused-ring (bicyclic) bond motifs is 1. The maximum atomic E-state index is 12.5. The summed E-state index contributed by atoms with van der Waals surface area (Å²) >= 11 is 0. The Morgan fingerprint density at radius 1 is 1.24 bits per heavy atom. The van der Waals surface area contributed by atoms with E-state index in [1.54, 1.807) is 4.90 Å². The average molecular weight is 285 g/mol. The molecule has 0 radical (unpaired) electrons. The number of nitrogens with zero attached hydrogens (tertiary/aromatic N) is 1. The summed E-state index contributed by atoms with van der Waals surface area (Å²) in [7, 11) is 0. The zero-order valence-electron chi connectivity index (χ0n) is 11.9. The van der Waals surface area contributed by atoms with E-state index in [0.29, 0.717) is 26.2 Å². The van der Waals surface area contributed by atoms with Crippen molar-refractivity contribution in [3.63, 3.8) is 0 Å². The number of aliphatic hydroxyl groups is 1. The maximum absolute atomic E-state index is 12.5. The number of carbonyl (C=O) groups is 1. The van der Waals surface area contributed by atoms with E-state index < -0.39 is 0 Å². The second-order valence-corrected chi connectivity index (χ2v) is 5.31. The molecule has 1 N–H and O–H groups in total. The molecule has 4 heteroatoms. The highest BCUT2D eigenvalue weighted by atomic mass is 16.5. The molecule has 4 nitrogen and oxygen atoms in total. The van der Waals surface area contributed by atoms with Crippen LogP contribution in [0.3, 0.4) is 0 Å². The van der Waals surface area contributed by atoms with Crippen LogP contribution in [-0.4, -0.2) is 48.3 Å². The number of carbonyl (C=O) groups excluding carboxylic acids is 1. The van der Waals surface area contributed by atoms with Gasteiger partial charge in [-0.1, -0.05) is 42.5 Å². The van der Waals surface area contributed by atoms with E-state index in [0.717, 1.165) is 16.3 Å². The van der Waals surface area contributed by atoms with Gasteiger partial charge in [0.1, 0.15) is 0 Å². The largest absolute Gasteiger partial charge is 0.394 e. The van der Waals surface area contributed by atoms with Crippen LogP contribution in [0.1, 0.15) is 5.56 Å². The van der Waals surface area contributed by atoms with Gasteiger partial charge in [0.2, 0.25) is 5.91 Å². The zero-order valence-corrected chi connectivity index (χ0v) is 11.9. The number of benzene rings is 2. The molecule has 1 fully saturated rings. The van der Waals surface area contributed by atoms with Gasteiger partial charge in [-0.2, -0.15) is 0 Å². The molecule has 0 aromatic heterocycles. The normalized spacial score (nSPS) is 18.9. The highest BCUT2D eigenvalue weighted by molar-refractivity contribution is 5.90. The van der Waals surface area contributed by atoms with Crippen LogP contribution >= 0.6 is 0 Å². The quantitative estimate of drug-likeness (QED) is 0.932. The molecule has 1 aliphatic heterocycles. The number of ether oxygens (including phenoxy) is 1. The van der Waals surface area contributed by atoms with Crippen LogP contribution in [0.5, 0.6) is 0 Å². The molecule has 2 aromatic rings. The molecule has 0 bridgehead atoms. The first-order chi connectivity index (χ1) is 10.3. The topological polar surface area (TPSA) is 49.8 Å². The lowest BCUT2D eigenvalue weighted by molar-refractivity contribution is -0.140. The molecule has 0 aliphatic carbocycles. The summed E-state index contributed by atoms with van der Waals surface area (Å²) in [5.41, 5.74) is 1.03. The number of aliphatic hydroxyl groups excluding tert-OH is 1. The van der Waals surface area contributed by atoms with Crippen molar-refractivity contribution >= 4 is 16.7 Å². The van der Waals surface area contributed by atoms with Crippen molar-refractivity contribution in [2.45, 2.75) is 12.5 Å². The summed E-state index contributed by atoms with van der Waals surface area (Å²) in [6, 6.07) is 13.9. The predicted octanol–water partition coefficient (Wildman–Crippen LogP) is 1.60. The number of hydrogen-bond donors (Lipinski definition) is 1. The zero-order chi connectivity index (χ0) is 14.7. The molecule has 1 amide bonds. The van der Waals surface area contributed by atoms with E-state index in [1.165, 1.54) is 0 Å². The Balaban J connectivity index is 1.83. The molecule has 0 spiro atoms. The summed E-state index contributed by atoms with van der Waals surface area (Å²) in [5, 5.41) is 11.6. The molecule has 1 unspecified atom stereocenters. The minimum atomic E-state index is -0.221. The number of amides is 1. The van der Waals surface area contributed by atoms with E-state index in [4.69, 9.17) is 4.74 Å². The smallest absolute Gasteiger partial charge is 0.227 e. The Hall–Kier alpha value is -1.91. The van der Waals surface area contributed by atoms with Crippen LogP contribution in [0, 0.1) is 0 Å². The number of morpholine rings is 1. The SMILES string of the molecule is O=C(Cc1cccc2ccccc12)N1CCOCC1CO. The van der Waals surface area contributed by atoms with E-state index in [9.17, 15) is 9.90 Å². The van der Waals surface area contributed by atoms with Crippen molar-refractivity contribution in [2.75, 3.05) is 26.4 Å². The fourth-order valence-electron chi connectivity index (χ4n) is 2.85. The molecular weight excluding hydrogens is 266 g/mol. The average Bonchev–Trinajstić information content (AvgIpc) is 2.55. The third kappa shape index (κ3) is 2.91. The second kappa shape index (κ2) is 6.24. The van der Waals surface area contributed by atoms with E-state index in [2.05, 4.69) is 12.1 Å². The Morgan fingerprint density at radius 2 is 2.05 bits per heavy atom.